The quantitative estimate of drug-likeness (QED) is 0.196. The highest BCUT2D eigenvalue weighted by Gasteiger charge is 2.13. The molecule has 3 aromatic rings. The molecule has 1 N–H and O–H groups in total. The molecule has 164 valence electrons. The molecule has 0 atom stereocenters. The van der Waals surface area contributed by atoms with Gasteiger partial charge in [0.1, 0.15) is 17.3 Å². The number of hydrogen-bond donors (Lipinski definition) is 1. The Kier molecular flexibility index (Phi) is 8.10. The Morgan fingerprint density at radius 1 is 1.09 bits per heavy atom. The smallest absolute Gasteiger partial charge is 0.343 e. The zero-order valence-corrected chi connectivity index (χ0v) is 18.8. The highest BCUT2D eigenvalue weighted by molar-refractivity contribution is 9.10. The summed E-state index contributed by atoms with van der Waals surface area (Å²) in [6.07, 6.45) is 2.20. The fraction of sp³-hybridized carbons (Fsp3) is 0.125. The molecule has 0 radical (unpaired) electrons. The van der Waals surface area contributed by atoms with Gasteiger partial charge in [-0.15, -0.1) is 0 Å². The van der Waals surface area contributed by atoms with Crippen molar-refractivity contribution in [3.05, 3.63) is 93.7 Å². The van der Waals surface area contributed by atoms with Crippen molar-refractivity contribution in [2.24, 2.45) is 5.10 Å². The Balaban J connectivity index is 1.70. The van der Waals surface area contributed by atoms with Crippen LogP contribution in [-0.4, -0.2) is 24.7 Å². The molecule has 0 fully saturated rings. The molecule has 0 saturated carbocycles. The molecule has 3 aromatic carbocycles. The number of nitrogens with one attached hydrogen (secondary N) is 1. The number of amides is 1. The van der Waals surface area contributed by atoms with E-state index in [4.69, 9.17) is 9.47 Å². The first-order valence-corrected chi connectivity index (χ1v) is 10.6. The third kappa shape index (κ3) is 6.24. The fourth-order valence-corrected chi connectivity index (χ4v) is 3.02. The molecule has 0 heterocycles. The van der Waals surface area contributed by atoms with Gasteiger partial charge >= 0.3 is 5.97 Å². The van der Waals surface area contributed by atoms with Gasteiger partial charge < -0.3 is 9.47 Å². The summed E-state index contributed by atoms with van der Waals surface area (Å²) in [4.78, 5) is 24.6. The SMILES string of the molecule is CCCOc1ccc(C(=O)Oc2ccc(Br)cc2/C=N/NC(=O)c2ccccc2F)cc1. The van der Waals surface area contributed by atoms with E-state index < -0.39 is 17.7 Å². The van der Waals surface area contributed by atoms with Gasteiger partial charge in [-0.25, -0.2) is 14.6 Å². The Bertz CT molecular complexity index is 1130. The van der Waals surface area contributed by atoms with Gasteiger partial charge in [-0.05, 0) is 61.0 Å². The number of hydrazone groups is 1. The predicted octanol–water partition coefficient (Wildman–Crippen LogP) is 5.36. The number of halogens is 2. The second-order valence-electron chi connectivity index (χ2n) is 6.62. The van der Waals surface area contributed by atoms with Gasteiger partial charge in [-0.3, -0.25) is 4.79 Å². The van der Waals surface area contributed by atoms with E-state index in [-0.39, 0.29) is 11.3 Å². The molecule has 0 spiro atoms. The summed E-state index contributed by atoms with van der Waals surface area (Å²) in [7, 11) is 0. The highest BCUT2D eigenvalue weighted by atomic mass is 79.9. The lowest BCUT2D eigenvalue weighted by Gasteiger charge is -2.09. The van der Waals surface area contributed by atoms with Crippen LogP contribution in [0, 0.1) is 5.82 Å². The normalized spacial score (nSPS) is 10.7. The minimum absolute atomic E-state index is 0.128. The average molecular weight is 499 g/mol. The molecule has 0 unspecified atom stereocenters. The molecular weight excluding hydrogens is 479 g/mol. The van der Waals surface area contributed by atoms with Crippen LogP contribution in [0.1, 0.15) is 39.6 Å². The summed E-state index contributed by atoms with van der Waals surface area (Å²) in [5.74, 6) is -0.986. The van der Waals surface area contributed by atoms with Crippen molar-refractivity contribution < 1.29 is 23.5 Å². The Labute approximate surface area is 193 Å². The fourth-order valence-electron chi connectivity index (χ4n) is 2.65. The van der Waals surface area contributed by atoms with Crippen LogP contribution in [0.25, 0.3) is 0 Å². The zero-order valence-electron chi connectivity index (χ0n) is 17.2. The second-order valence-corrected chi connectivity index (χ2v) is 7.54. The summed E-state index contributed by atoms with van der Waals surface area (Å²) in [5.41, 5.74) is 2.92. The second kappa shape index (κ2) is 11.2. The molecule has 6 nitrogen and oxygen atoms in total. The lowest BCUT2D eigenvalue weighted by Crippen LogP contribution is -2.19. The van der Waals surface area contributed by atoms with Crippen LogP contribution >= 0.6 is 15.9 Å². The molecule has 0 aliphatic rings. The van der Waals surface area contributed by atoms with E-state index in [9.17, 15) is 14.0 Å². The molecule has 1 amide bonds. The van der Waals surface area contributed by atoms with Crippen molar-refractivity contribution in [3.63, 3.8) is 0 Å². The van der Waals surface area contributed by atoms with E-state index in [1.807, 2.05) is 6.92 Å². The van der Waals surface area contributed by atoms with Gasteiger partial charge in [0.15, 0.2) is 0 Å². The van der Waals surface area contributed by atoms with E-state index >= 15 is 0 Å². The molecule has 0 aliphatic heterocycles. The minimum atomic E-state index is -0.696. The first kappa shape index (κ1) is 23.1. The Morgan fingerprint density at radius 3 is 2.56 bits per heavy atom. The third-order valence-electron chi connectivity index (χ3n) is 4.23. The molecule has 0 aromatic heterocycles. The lowest BCUT2D eigenvalue weighted by atomic mass is 10.2. The van der Waals surface area contributed by atoms with Crippen LogP contribution in [0.2, 0.25) is 0 Å². The predicted molar refractivity (Wildman–Crippen MR) is 123 cm³/mol. The van der Waals surface area contributed by atoms with Crippen LogP contribution in [0.15, 0.2) is 76.3 Å². The van der Waals surface area contributed by atoms with Gasteiger partial charge in [0, 0.05) is 10.0 Å². The van der Waals surface area contributed by atoms with Gasteiger partial charge in [-0.1, -0.05) is 35.0 Å². The average Bonchev–Trinajstić information content (AvgIpc) is 2.80. The third-order valence-corrected chi connectivity index (χ3v) is 4.72. The Hall–Kier alpha value is -3.52. The Morgan fingerprint density at radius 2 is 1.84 bits per heavy atom. The van der Waals surface area contributed by atoms with Crippen molar-refractivity contribution in [1.82, 2.24) is 5.43 Å². The van der Waals surface area contributed by atoms with Gasteiger partial charge in [0.2, 0.25) is 0 Å². The van der Waals surface area contributed by atoms with Crippen LogP contribution in [0.4, 0.5) is 4.39 Å². The molecular formula is C24H20BrFN2O4. The maximum absolute atomic E-state index is 13.7. The van der Waals surface area contributed by atoms with Crippen molar-refractivity contribution in [3.8, 4) is 11.5 Å². The van der Waals surface area contributed by atoms with E-state index in [1.54, 1.807) is 48.5 Å². The van der Waals surface area contributed by atoms with Gasteiger partial charge in [0.05, 0.1) is 23.9 Å². The number of carbonyl (C=O) groups excluding carboxylic acids is 2. The first-order valence-electron chi connectivity index (χ1n) is 9.80. The van der Waals surface area contributed by atoms with E-state index in [2.05, 4.69) is 26.5 Å². The van der Waals surface area contributed by atoms with Crippen LogP contribution in [0.3, 0.4) is 0 Å². The number of ether oxygens (including phenoxy) is 2. The molecule has 32 heavy (non-hydrogen) atoms. The minimum Gasteiger partial charge on any atom is -0.494 e. The number of benzene rings is 3. The largest absolute Gasteiger partial charge is 0.494 e. The molecule has 0 saturated heterocycles. The van der Waals surface area contributed by atoms with E-state index in [0.717, 1.165) is 10.9 Å². The summed E-state index contributed by atoms with van der Waals surface area (Å²) in [6.45, 7) is 2.61. The van der Waals surface area contributed by atoms with Crippen LogP contribution < -0.4 is 14.9 Å². The van der Waals surface area contributed by atoms with Crippen molar-refractivity contribution in [1.29, 1.82) is 0 Å². The summed E-state index contributed by atoms with van der Waals surface area (Å²) >= 11 is 3.35. The first-order chi connectivity index (χ1) is 15.5. The summed E-state index contributed by atoms with van der Waals surface area (Å²) in [5, 5.41) is 3.86. The molecule has 0 bridgehead atoms. The summed E-state index contributed by atoms with van der Waals surface area (Å²) < 4.78 is 25.4. The van der Waals surface area contributed by atoms with Gasteiger partial charge in [-0.2, -0.15) is 5.10 Å². The molecule has 0 aliphatic carbocycles. The van der Waals surface area contributed by atoms with Crippen LogP contribution in [0.5, 0.6) is 11.5 Å². The van der Waals surface area contributed by atoms with Crippen molar-refractivity contribution in [2.45, 2.75) is 13.3 Å². The number of carbonyl (C=O) groups is 2. The number of hydrogen-bond acceptors (Lipinski definition) is 5. The highest BCUT2D eigenvalue weighted by Crippen LogP contribution is 2.23. The lowest BCUT2D eigenvalue weighted by molar-refractivity contribution is 0.0734. The standard InChI is InChI=1S/C24H20BrFN2O4/c1-2-13-31-19-10-7-16(8-11-19)24(30)32-22-12-9-18(25)14-17(22)15-27-28-23(29)20-5-3-4-6-21(20)26/h3-12,14-15H,2,13H2,1H3,(H,28,29)/b27-15+. The van der Waals surface area contributed by atoms with Gasteiger partial charge in [0.25, 0.3) is 5.91 Å². The zero-order chi connectivity index (χ0) is 22.9. The van der Waals surface area contributed by atoms with Crippen LogP contribution in [-0.2, 0) is 0 Å². The maximum atomic E-state index is 13.7. The number of rotatable bonds is 8. The summed E-state index contributed by atoms with van der Waals surface area (Å²) in [6, 6.07) is 17.2. The topological polar surface area (TPSA) is 77.0 Å². The monoisotopic (exact) mass is 498 g/mol. The van der Waals surface area contributed by atoms with E-state index in [0.29, 0.717) is 23.5 Å². The maximum Gasteiger partial charge on any atom is 0.343 e. The molecule has 8 heteroatoms. The van der Waals surface area contributed by atoms with Crippen molar-refractivity contribution >= 4 is 34.0 Å². The van der Waals surface area contributed by atoms with Crippen molar-refractivity contribution in [2.75, 3.05) is 6.61 Å². The number of esters is 1. The molecule has 3 rings (SSSR count). The number of nitrogens with zero attached hydrogens (tertiary/aromatic N) is 1. The van der Waals surface area contributed by atoms with E-state index in [1.165, 1.54) is 24.4 Å².